The number of carbonyl (C=O) groups is 1. The Morgan fingerprint density at radius 2 is 1.91 bits per heavy atom. The van der Waals surface area contributed by atoms with Gasteiger partial charge in [-0.2, -0.15) is 5.10 Å². The van der Waals surface area contributed by atoms with Crippen LogP contribution >= 0.6 is 11.6 Å². The molecule has 11 nitrogen and oxygen atoms in total. The zero-order valence-electron chi connectivity index (χ0n) is 27.5. The van der Waals surface area contributed by atoms with Gasteiger partial charge in [0.15, 0.2) is 0 Å². The fraction of sp³-hybridized carbons (Fsp3) is 0.581. The SMILES string of the molecule is CC(C)c1nn(COCC[Si](C)(C)C)c(Cl)c1-c1ccnc(Nc2ccc(N3CCN(C(=O)OC(C)(C)C)[C@@H](C)C3)cn2)n1. The van der Waals surface area contributed by atoms with E-state index in [9.17, 15) is 4.79 Å². The number of carbonyl (C=O) groups excluding carboxylic acids is 1. The summed E-state index contributed by atoms with van der Waals surface area (Å²) in [5.41, 5.74) is 2.78. The Labute approximate surface area is 267 Å². The van der Waals surface area contributed by atoms with E-state index < -0.39 is 13.7 Å². The van der Waals surface area contributed by atoms with Crippen LogP contribution in [-0.2, 0) is 16.2 Å². The predicted molar refractivity (Wildman–Crippen MR) is 179 cm³/mol. The molecule has 0 unspecified atom stereocenters. The maximum absolute atomic E-state index is 12.6. The van der Waals surface area contributed by atoms with E-state index in [4.69, 9.17) is 31.2 Å². The van der Waals surface area contributed by atoms with Gasteiger partial charge in [0.2, 0.25) is 5.95 Å². The number of hydrogen-bond donors (Lipinski definition) is 1. The zero-order valence-corrected chi connectivity index (χ0v) is 29.3. The third kappa shape index (κ3) is 8.92. The van der Waals surface area contributed by atoms with Gasteiger partial charge in [-0.05, 0) is 57.9 Å². The van der Waals surface area contributed by atoms with Gasteiger partial charge in [-0.1, -0.05) is 45.1 Å². The Morgan fingerprint density at radius 1 is 1.16 bits per heavy atom. The van der Waals surface area contributed by atoms with E-state index in [2.05, 4.69) is 53.7 Å². The monoisotopic (exact) mass is 642 g/mol. The molecule has 3 aromatic heterocycles. The van der Waals surface area contributed by atoms with Gasteiger partial charge in [0, 0.05) is 46.6 Å². The van der Waals surface area contributed by atoms with Crippen LogP contribution < -0.4 is 10.2 Å². The summed E-state index contributed by atoms with van der Waals surface area (Å²) in [5, 5.41) is 8.48. The van der Waals surface area contributed by atoms with Crippen LogP contribution in [0.25, 0.3) is 11.3 Å². The molecule has 0 aliphatic carbocycles. The molecule has 0 spiro atoms. The second kappa shape index (κ2) is 13.8. The molecule has 0 radical (unpaired) electrons. The summed E-state index contributed by atoms with van der Waals surface area (Å²) in [7, 11) is -1.19. The van der Waals surface area contributed by atoms with Gasteiger partial charge < -0.3 is 24.6 Å². The highest BCUT2D eigenvalue weighted by Gasteiger charge is 2.31. The normalized spacial score (nSPS) is 16.0. The predicted octanol–water partition coefficient (Wildman–Crippen LogP) is 7.01. The van der Waals surface area contributed by atoms with Gasteiger partial charge in [0.05, 0.1) is 28.8 Å². The van der Waals surface area contributed by atoms with Crippen molar-refractivity contribution in [3.05, 3.63) is 41.4 Å². The first-order valence-electron chi connectivity index (χ1n) is 15.3. The molecule has 0 aromatic carbocycles. The first kappa shape index (κ1) is 33.7. The molecule has 1 amide bonds. The molecule has 13 heteroatoms. The highest BCUT2D eigenvalue weighted by atomic mass is 35.5. The summed E-state index contributed by atoms with van der Waals surface area (Å²) in [4.78, 5) is 30.4. The number of amides is 1. The smallest absolute Gasteiger partial charge is 0.410 e. The van der Waals surface area contributed by atoms with Crippen LogP contribution in [0.2, 0.25) is 30.8 Å². The molecule has 1 N–H and O–H groups in total. The van der Waals surface area contributed by atoms with E-state index >= 15 is 0 Å². The lowest BCUT2D eigenvalue weighted by atomic mass is 10.0. The van der Waals surface area contributed by atoms with Crippen molar-refractivity contribution in [2.75, 3.05) is 36.5 Å². The minimum atomic E-state index is -1.19. The number of ether oxygens (including phenoxy) is 2. The topological polar surface area (TPSA) is 111 Å². The quantitative estimate of drug-likeness (QED) is 0.184. The standard InChI is InChI=1S/C31H47ClN8O3Si/c1-21(2)27-26(28(32)40(37-27)20-42-16-17-44(7,8)9)24-12-13-33-29(35-24)36-25-11-10-23(18-34-25)38-14-15-39(22(3)19-38)30(41)43-31(4,5)6/h10-13,18,21-22H,14-17,19-20H2,1-9H3,(H,33,34,35,36)/t22-/m0/s1. The number of halogens is 1. The van der Waals surface area contributed by atoms with Gasteiger partial charge in [0.25, 0.3) is 0 Å². The fourth-order valence-electron chi connectivity index (χ4n) is 4.82. The van der Waals surface area contributed by atoms with Crippen LogP contribution in [0.4, 0.5) is 22.2 Å². The molecule has 44 heavy (non-hydrogen) atoms. The van der Waals surface area contributed by atoms with Crippen molar-refractivity contribution in [2.45, 2.75) is 91.5 Å². The Hall–Kier alpha value is -3.22. The second-order valence-corrected chi connectivity index (χ2v) is 19.8. The molecule has 4 heterocycles. The number of rotatable bonds is 10. The lowest BCUT2D eigenvalue weighted by molar-refractivity contribution is 0.0159. The average Bonchev–Trinajstić information content (AvgIpc) is 3.26. The van der Waals surface area contributed by atoms with Crippen LogP contribution in [0.15, 0.2) is 30.6 Å². The molecule has 1 aliphatic rings. The number of aromatic nitrogens is 5. The number of nitrogens with one attached hydrogen (secondary N) is 1. The molecule has 1 fully saturated rings. The highest BCUT2D eigenvalue weighted by Crippen LogP contribution is 2.35. The zero-order chi connectivity index (χ0) is 32.2. The number of nitrogens with zero attached hydrogens (tertiary/aromatic N) is 7. The Morgan fingerprint density at radius 3 is 2.52 bits per heavy atom. The minimum absolute atomic E-state index is 0.0103. The summed E-state index contributed by atoms with van der Waals surface area (Å²) in [6.07, 6.45) is 3.25. The second-order valence-electron chi connectivity index (χ2n) is 13.8. The molecule has 4 rings (SSSR count). The van der Waals surface area contributed by atoms with Crippen LogP contribution in [0.3, 0.4) is 0 Å². The van der Waals surface area contributed by atoms with Crippen molar-refractivity contribution in [3.63, 3.8) is 0 Å². The van der Waals surface area contributed by atoms with Crippen molar-refractivity contribution in [2.24, 2.45) is 0 Å². The van der Waals surface area contributed by atoms with E-state index in [1.165, 1.54) is 0 Å². The third-order valence-electron chi connectivity index (χ3n) is 7.19. The largest absolute Gasteiger partial charge is 0.444 e. The molecule has 0 bridgehead atoms. The first-order valence-corrected chi connectivity index (χ1v) is 19.3. The Balaban J connectivity index is 1.42. The lowest BCUT2D eigenvalue weighted by Crippen LogP contribution is -2.55. The fourth-order valence-corrected chi connectivity index (χ4v) is 5.86. The van der Waals surface area contributed by atoms with Crippen LogP contribution in [0, 0.1) is 0 Å². The average molecular weight is 643 g/mol. The maximum Gasteiger partial charge on any atom is 0.410 e. The van der Waals surface area contributed by atoms with Gasteiger partial charge in [0.1, 0.15) is 23.3 Å². The minimum Gasteiger partial charge on any atom is -0.444 e. The molecule has 1 atom stereocenters. The number of anilines is 3. The molecular formula is C31H47ClN8O3Si. The van der Waals surface area contributed by atoms with Crippen molar-refractivity contribution in [3.8, 4) is 11.3 Å². The molecule has 1 aliphatic heterocycles. The van der Waals surface area contributed by atoms with E-state index in [0.29, 0.717) is 55.6 Å². The first-order chi connectivity index (χ1) is 20.6. The summed E-state index contributed by atoms with van der Waals surface area (Å²) < 4.78 is 13.2. The maximum atomic E-state index is 12.6. The van der Waals surface area contributed by atoms with Gasteiger partial charge in [-0.15, -0.1) is 0 Å². The van der Waals surface area contributed by atoms with E-state index in [-0.39, 0.29) is 18.1 Å². The van der Waals surface area contributed by atoms with Crippen molar-refractivity contribution in [1.82, 2.24) is 29.6 Å². The number of hydrogen-bond acceptors (Lipinski definition) is 9. The van der Waals surface area contributed by atoms with Crippen molar-refractivity contribution < 1.29 is 14.3 Å². The molecule has 0 saturated carbocycles. The van der Waals surface area contributed by atoms with Crippen molar-refractivity contribution in [1.29, 1.82) is 0 Å². The van der Waals surface area contributed by atoms with Crippen LogP contribution in [-0.4, -0.2) is 81.7 Å². The number of pyridine rings is 1. The summed E-state index contributed by atoms with van der Waals surface area (Å²) in [6, 6.07) is 6.84. The molecule has 240 valence electrons. The van der Waals surface area contributed by atoms with E-state index in [0.717, 1.165) is 23.0 Å². The summed E-state index contributed by atoms with van der Waals surface area (Å²) in [5.74, 6) is 1.17. The molecule has 3 aromatic rings. The summed E-state index contributed by atoms with van der Waals surface area (Å²) in [6.45, 7) is 21.8. The van der Waals surface area contributed by atoms with Crippen LogP contribution in [0.1, 0.15) is 53.2 Å². The summed E-state index contributed by atoms with van der Waals surface area (Å²) >= 11 is 6.85. The Bertz CT molecular complexity index is 1420. The van der Waals surface area contributed by atoms with Gasteiger partial charge in [-0.3, -0.25) is 0 Å². The lowest BCUT2D eigenvalue weighted by Gasteiger charge is -2.41. The number of piperazine rings is 1. The molecular weight excluding hydrogens is 596 g/mol. The van der Waals surface area contributed by atoms with E-state index in [1.807, 2.05) is 52.1 Å². The Kier molecular flexibility index (Phi) is 10.6. The van der Waals surface area contributed by atoms with E-state index in [1.54, 1.807) is 15.8 Å². The van der Waals surface area contributed by atoms with Gasteiger partial charge >= 0.3 is 6.09 Å². The van der Waals surface area contributed by atoms with Crippen molar-refractivity contribution >= 4 is 43.2 Å². The third-order valence-corrected chi connectivity index (χ3v) is 9.28. The van der Waals surface area contributed by atoms with Crippen LogP contribution in [0.5, 0.6) is 0 Å². The van der Waals surface area contributed by atoms with Gasteiger partial charge in [-0.25, -0.2) is 24.4 Å². The highest BCUT2D eigenvalue weighted by molar-refractivity contribution is 6.76. The molecule has 1 saturated heterocycles.